The second-order valence-corrected chi connectivity index (χ2v) is 8.40. The summed E-state index contributed by atoms with van der Waals surface area (Å²) >= 11 is 0. The summed E-state index contributed by atoms with van der Waals surface area (Å²) in [5.74, 6) is -1.01. The molecule has 1 aromatic rings. The number of rotatable bonds is 6. The quantitative estimate of drug-likeness (QED) is 0.622. The van der Waals surface area contributed by atoms with Gasteiger partial charge in [-0.15, -0.1) is 13.2 Å². The first-order chi connectivity index (χ1) is 15.5. The highest BCUT2D eigenvalue weighted by Gasteiger charge is 2.37. The highest BCUT2D eigenvalue weighted by Crippen LogP contribution is 2.36. The van der Waals surface area contributed by atoms with Crippen LogP contribution in [0.5, 0.6) is 5.75 Å². The Hall–Kier alpha value is -3.29. The van der Waals surface area contributed by atoms with Gasteiger partial charge < -0.3 is 20.3 Å². The number of likely N-dealkylation sites (tertiary alicyclic amines) is 1. The van der Waals surface area contributed by atoms with Gasteiger partial charge in [0.2, 0.25) is 11.8 Å². The number of nitrogens with one attached hydrogen (secondary N) is 2. The Labute approximate surface area is 188 Å². The monoisotopic (exact) mass is 468 g/mol. The standard InChI is InChI=1S/C22H24F4N4O3/c1-21(20(32)29-16-2-4-18(5-3-16)33-22(24,25)26)8-6-15(7-9-21)28-12-19(31)30-13-14(23)10-17(30)11-27/h2-6,14,17,28H,7-10,12-13H2,1H3,(H,29,32)/t14-,17-,21?/m0/s1. The number of benzene rings is 1. The van der Waals surface area contributed by atoms with Gasteiger partial charge in [0.15, 0.2) is 0 Å². The van der Waals surface area contributed by atoms with Gasteiger partial charge in [-0.2, -0.15) is 5.26 Å². The van der Waals surface area contributed by atoms with E-state index >= 15 is 0 Å². The van der Waals surface area contributed by atoms with Crippen molar-refractivity contribution in [3.8, 4) is 11.8 Å². The Balaban J connectivity index is 1.50. The van der Waals surface area contributed by atoms with Crippen LogP contribution in [0, 0.1) is 16.7 Å². The molecule has 7 nitrogen and oxygen atoms in total. The van der Waals surface area contributed by atoms with Crippen LogP contribution in [-0.2, 0) is 9.59 Å². The molecule has 2 N–H and O–H groups in total. The summed E-state index contributed by atoms with van der Waals surface area (Å²) in [4.78, 5) is 26.3. The molecule has 0 bridgehead atoms. The number of allylic oxidation sites excluding steroid dienone is 2. The van der Waals surface area contributed by atoms with Crippen molar-refractivity contribution in [1.29, 1.82) is 5.26 Å². The Morgan fingerprint density at radius 1 is 1.30 bits per heavy atom. The van der Waals surface area contributed by atoms with Crippen LogP contribution >= 0.6 is 0 Å². The largest absolute Gasteiger partial charge is 0.573 e. The van der Waals surface area contributed by atoms with E-state index in [1.54, 1.807) is 6.92 Å². The minimum atomic E-state index is -4.79. The van der Waals surface area contributed by atoms with Crippen molar-refractivity contribution >= 4 is 17.5 Å². The fourth-order valence-electron chi connectivity index (χ4n) is 3.83. The van der Waals surface area contributed by atoms with E-state index in [1.807, 2.05) is 12.1 Å². The summed E-state index contributed by atoms with van der Waals surface area (Å²) in [7, 11) is 0. The minimum Gasteiger partial charge on any atom is -0.406 e. The van der Waals surface area contributed by atoms with E-state index in [1.165, 1.54) is 17.0 Å². The number of amides is 2. The van der Waals surface area contributed by atoms with E-state index < -0.39 is 24.0 Å². The van der Waals surface area contributed by atoms with Crippen molar-refractivity contribution in [2.45, 2.75) is 51.2 Å². The molecule has 1 unspecified atom stereocenters. The molecule has 1 fully saturated rings. The van der Waals surface area contributed by atoms with Crippen LogP contribution in [0.15, 0.2) is 36.0 Å². The topological polar surface area (TPSA) is 94.5 Å². The normalized spacial score (nSPS) is 25.1. The fraction of sp³-hybridized carbons (Fsp3) is 0.500. The lowest BCUT2D eigenvalue weighted by atomic mass is 9.77. The molecular formula is C22H24F4N4O3. The summed E-state index contributed by atoms with van der Waals surface area (Å²) in [5.41, 5.74) is 0.392. The molecule has 33 heavy (non-hydrogen) atoms. The van der Waals surface area contributed by atoms with Crippen LogP contribution in [0.3, 0.4) is 0 Å². The van der Waals surface area contributed by atoms with Gasteiger partial charge in [-0.25, -0.2) is 4.39 Å². The number of hydrogen-bond donors (Lipinski definition) is 2. The molecule has 1 saturated heterocycles. The first-order valence-electron chi connectivity index (χ1n) is 10.4. The highest BCUT2D eigenvalue weighted by molar-refractivity contribution is 5.95. The highest BCUT2D eigenvalue weighted by atomic mass is 19.4. The zero-order valence-electron chi connectivity index (χ0n) is 17.9. The van der Waals surface area contributed by atoms with Gasteiger partial charge in [0.1, 0.15) is 18.0 Å². The number of carbonyl (C=O) groups excluding carboxylic acids is 2. The molecule has 2 aliphatic rings. The lowest BCUT2D eigenvalue weighted by Crippen LogP contribution is -2.41. The van der Waals surface area contributed by atoms with Crippen LogP contribution in [0.2, 0.25) is 0 Å². The maximum Gasteiger partial charge on any atom is 0.573 e. The summed E-state index contributed by atoms with van der Waals surface area (Å²) < 4.78 is 54.1. The Morgan fingerprint density at radius 2 is 2.00 bits per heavy atom. The number of hydrogen-bond acceptors (Lipinski definition) is 5. The van der Waals surface area contributed by atoms with Gasteiger partial charge >= 0.3 is 6.36 Å². The van der Waals surface area contributed by atoms with Gasteiger partial charge in [0.05, 0.1) is 24.6 Å². The SMILES string of the molecule is CC1(C(=O)Nc2ccc(OC(F)(F)F)cc2)CC=C(NCC(=O)N2C[C@@H](F)C[C@H]2C#N)CC1. The number of alkyl halides is 4. The summed E-state index contributed by atoms with van der Waals surface area (Å²) in [6, 6.07) is 6.08. The van der Waals surface area contributed by atoms with E-state index in [4.69, 9.17) is 5.26 Å². The first-order valence-corrected chi connectivity index (χ1v) is 10.4. The fourth-order valence-corrected chi connectivity index (χ4v) is 3.83. The van der Waals surface area contributed by atoms with E-state index in [-0.39, 0.29) is 37.1 Å². The van der Waals surface area contributed by atoms with Crippen LogP contribution in [0.4, 0.5) is 23.2 Å². The molecule has 1 aromatic carbocycles. The van der Waals surface area contributed by atoms with E-state index in [2.05, 4.69) is 15.4 Å². The minimum absolute atomic E-state index is 0.0243. The number of halogens is 4. The maximum absolute atomic E-state index is 13.5. The van der Waals surface area contributed by atoms with Crippen molar-refractivity contribution in [1.82, 2.24) is 10.2 Å². The average molecular weight is 468 g/mol. The van der Waals surface area contributed by atoms with Gasteiger partial charge in [-0.1, -0.05) is 13.0 Å². The molecule has 0 spiro atoms. The second kappa shape index (κ2) is 9.68. The molecule has 2 amide bonds. The molecule has 3 rings (SSSR count). The second-order valence-electron chi connectivity index (χ2n) is 8.40. The Morgan fingerprint density at radius 3 is 2.58 bits per heavy atom. The first kappa shape index (κ1) is 24.4. The van der Waals surface area contributed by atoms with Crippen molar-refractivity contribution in [3.05, 3.63) is 36.0 Å². The third-order valence-corrected chi connectivity index (χ3v) is 5.83. The molecule has 0 radical (unpaired) electrons. The molecule has 1 heterocycles. The van der Waals surface area contributed by atoms with E-state index in [0.29, 0.717) is 24.9 Å². The van der Waals surface area contributed by atoms with Crippen LogP contribution in [0.25, 0.3) is 0 Å². The summed E-state index contributed by atoms with van der Waals surface area (Å²) in [6.45, 7) is 1.64. The zero-order valence-corrected chi connectivity index (χ0v) is 17.9. The van der Waals surface area contributed by atoms with Crippen LogP contribution < -0.4 is 15.4 Å². The van der Waals surface area contributed by atoms with Gasteiger partial charge in [0.25, 0.3) is 0 Å². The van der Waals surface area contributed by atoms with Crippen molar-refractivity contribution < 1.29 is 31.9 Å². The lowest BCUT2D eigenvalue weighted by molar-refractivity contribution is -0.274. The molecule has 178 valence electrons. The van der Waals surface area contributed by atoms with Gasteiger partial charge in [-0.3, -0.25) is 9.59 Å². The number of nitrogens with zero attached hydrogens (tertiary/aromatic N) is 2. The van der Waals surface area contributed by atoms with Crippen molar-refractivity contribution in [2.75, 3.05) is 18.4 Å². The Kier molecular flexibility index (Phi) is 7.15. The Bertz CT molecular complexity index is 958. The summed E-state index contributed by atoms with van der Waals surface area (Å²) in [5, 5.41) is 14.8. The van der Waals surface area contributed by atoms with E-state index in [0.717, 1.165) is 17.8 Å². The smallest absolute Gasteiger partial charge is 0.406 e. The third-order valence-electron chi connectivity index (χ3n) is 5.83. The third kappa shape index (κ3) is 6.37. The van der Waals surface area contributed by atoms with Crippen LogP contribution in [0.1, 0.15) is 32.6 Å². The molecule has 1 aliphatic heterocycles. The molecule has 1 aliphatic carbocycles. The molecular weight excluding hydrogens is 444 g/mol. The van der Waals surface area contributed by atoms with Gasteiger partial charge in [-0.05, 0) is 43.5 Å². The molecule has 11 heteroatoms. The van der Waals surface area contributed by atoms with Crippen molar-refractivity contribution in [2.24, 2.45) is 5.41 Å². The van der Waals surface area contributed by atoms with Gasteiger partial charge in [0, 0.05) is 17.8 Å². The van der Waals surface area contributed by atoms with E-state index in [9.17, 15) is 27.2 Å². The maximum atomic E-state index is 13.5. The zero-order chi connectivity index (χ0) is 24.2. The molecule has 3 atom stereocenters. The average Bonchev–Trinajstić information content (AvgIpc) is 3.14. The number of nitriles is 1. The predicted molar refractivity (Wildman–Crippen MR) is 110 cm³/mol. The molecule has 0 saturated carbocycles. The lowest BCUT2D eigenvalue weighted by Gasteiger charge is -2.32. The number of anilines is 1. The summed E-state index contributed by atoms with van der Waals surface area (Å²) in [6.07, 6.45) is -2.76. The predicted octanol–water partition coefficient (Wildman–Crippen LogP) is 3.65. The number of carbonyl (C=O) groups is 2. The van der Waals surface area contributed by atoms with Crippen LogP contribution in [-0.4, -0.2) is 48.4 Å². The number of ether oxygens (including phenoxy) is 1. The molecule has 0 aromatic heterocycles. The van der Waals surface area contributed by atoms with Crippen molar-refractivity contribution in [3.63, 3.8) is 0 Å².